The van der Waals surface area contributed by atoms with Crippen molar-refractivity contribution in [1.29, 1.82) is 0 Å². The van der Waals surface area contributed by atoms with Gasteiger partial charge in [-0.3, -0.25) is 4.79 Å². The number of rotatable bonds is 4. The van der Waals surface area contributed by atoms with Crippen LogP contribution < -0.4 is 10.2 Å². The normalized spacial score (nSPS) is 23.2. The van der Waals surface area contributed by atoms with Crippen molar-refractivity contribution in [2.24, 2.45) is 11.8 Å². The summed E-state index contributed by atoms with van der Waals surface area (Å²) in [6.45, 7) is 3.98. The Labute approximate surface area is 124 Å². The largest absolute Gasteiger partial charge is 0.381 e. The van der Waals surface area contributed by atoms with Crippen LogP contribution in [-0.2, 0) is 9.53 Å². The second-order valence-electron chi connectivity index (χ2n) is 5.78. The van der Waals surface area contributed by atoms with Crippen molar-refractivity contribution in [3.63, 3.8) is 0 Å². The number of hydrogen-bond acceptors (Lipinski definition) is 5. The number of carbonyl (C=O) groups excluding carboxylic acids is 1. The molecule has 2 aliphatic heterocycles. The number of carbonyl (C=O) groups is 1. The van der Waals surface area contributed by atoms with Crippen LogP contribution in [0.3, 0.4) is 0 Å². The maximum Gasteiger partial charge on any atom is 0.225 e. The Balaban J connectivity index is 1.46. The smallest absolute Gasteiger partial charge is 0.225 e. The van der Waals surface area contributed by atoms with Gasteiger partial charge in [-0.1, -0.05) is 0 Å². The lowest BCUT2D eigenvalue weighted by molar-refractivity contribution is -0.124. The Morgan fingerprint density at radius 1 is 1.29 bits per heavy atom. The Morgan fingerprint density at radius 2 is 2.05 bits per heavy atom. The van der Waals surface area contributed by atoms with Crippen LogP contribution in [0.25, 0.3) is 0 Å². The van der Waals surface area contributed by atoms with Crippen LogP contribution in [0.4, 0.5) is 5.95 Å². The van der Waals surface area contributed by atoms with Gasteiger partial charge in [-0.25, -0.2) is 9.97 Å². The standard InChI is InChI=1S/C15H22N4O2/c20-14(18-10-12-3-8-21-9-4-12)13-2-7-19(11-13)15-16-5-1-6-17-15/h1,5-6,12-13H,2-4,7-11H2,(H,18,20). The van der Waals surface area contributed by atoms with Crippen LogP contribution in [0, 0.1) is 11.8 Å². The molecule has 0 spiro atoms. The van der Waals surface area contributed by atoms with E-state index in [-0.39, 0.29) is 11.8 Å². The highest BCUT2D eigenvalue weighted by Crippen LogP contribution is 2.20. The van der Waals surface area contributed by atoms with E-state index in [0.29, 0.717) is 12.5 Å². The third-order valence-corrected chi connectivity index (χ3v) is 4.30. The number of amides is 1. The molecule has 1 unspecified atom stereocenters. The quantitative estimate of drug-likeness (QED) is 0.890. The lowest BCUT2D eigenvalue weighted by Crippen LogP contribution is -2.37. The Bertz CT molecular complexity index is 462. The van der Waals surface area contributed by atoms with Crippen molar-refractivity contribution in [3.05, 3.63) is 18.5 Å². The van der Waals surface area contributed by atoms with Crippen molar-refractivity contribution >= 4 is 11.9 Å². The van der Waals surface area contributed by atoms with Crippen LogP contribution in [-0.4, -0.2) is 48.7 Å². The predicted octanol–water partition coefficient (Wildman–Crippen LogP) is 0.846. The molecule has 0 bridgehead atoms. The van der Waals surface area contributed by atoms with Crippen molar-refractivity contribution in [3.8, 4) is 0 Å². The zero-order valence-electron chi connectivity index (χ0n) is 12.2. The summed E-state index contributed by atoms with van der Waals surface area (Å²) in [5.74, 6) is 1.50. The lowest BCUT2D eigenvalue weighted by atomic mass is 10.00. The summed E-state index contributed by atoms with van der Waals surface area (Å²) >= 11 is 0. The monoisotopic (exact) mass is 290 g/mol. The molecule has 2 saturated heterocycles. The summed E-state index contributed by atoms with van der Waals surface area (Å²) < 4.78 is 5.34. The number of anilines is 1. The van der Waals surface area contributed by atoms with Crippen molar-refractivity contribution in [2.75, 3.05) is 37.7 Å². The first-order valence-electron chi connectivity index (χ1n) is 7.70. The van der Waals surface area contributed by atoms with Gasteiger partial charge >= 0.3 is 0 Å². The van der Waals surface area contributed by atoms with E-state index in [9.17, 15) is 4.79 Å². The SMILES string of the molecule is O=C(NCC1CCOCC1)C1CCN(c2ncccn2)C1. The maximum absolute atomic E-state index is 12.3. The average Bonchev–Trinajstić information content (AvgIpc) is 3.04. The molecule has 2 aliphatic rings. The Morgan fingerprint density at radius 3 is 2.81 bits per heavy atom. The highest BCUT2D eigenvalue weighted by Gasteiger charge is 2.29. The Kier molecular flexibility index (Phi) is 4.65. The highest BCUT2D eigenvalue weighted by atomic mass is 16.5. The van der Waals surface area contributed by atoms with Gasteiger partial charge in [-0.05, 0) is 31.2 Å². The van der Waals surface area contributed by atoms with Crippen LogP contribution in [0.1, 0.15) is 19.3 Å². The van der Waals surface area contributed by atoms with E-state index in [4.69, 9.17) is 4.74 Å². The highest BCUT2D eigenvalue weighted by molar-refractivity contribution is 5.79. The van der Waals surface area contributed by atoms with Gasteiger partial charge in [0.15, 0.2) is 0 Å². The number of aromatic nitrogens is 2. The zero-order chi connectivity index (χ0) is 14.5. The predicted molar refractivity (Wildman–Crippen MR) is 78.9 cm³/mol. The van der Waals surface area contributed by atoms with Crippen LogP contribution >= 0.6 is 0 Å². The van der Waals surface area contributed by atoms with Gasteiger partial charge in [0.1, 0.15) is 0 Å². The van der Waals surface area contributed by atoms with Gasteiger partial charge in [0.25, 0.3) is 0 Å². The molecular weight excluding hydrogens is 268 g/mol. The molecule has 0 aromatic carbocycles. The molecule has 1 N–H and O–H groups in total. The van der Waals surface area contributed by atoms with Crippen LogP contribution in [0.5, 0.6) is 0 Å². The molecule has 6 heteroatoms. The van der Waals surface area contributed by atoms with Gasteiger partial charge in [-0.2, -0.15) is 0 Å². The van der Waals surface area contributed by atoms with Crippen LogP contribution in [0.2, 0.25) is 0 Å². The second-order valence-corrected chi connectivity index (χ2v) is 5.78. The molecule has 114 valence electrons. The summed E-state index contributed by atoms with van der Waals surface area (Å²) in [4.78, 5) is 22.8. The second kappa shape index (κ2) is 6.85. The molecule has 0 saturated carbocycles. The molecule has 1 aromatic heterocycles. The molecule has 2 fully saturated rings. The van der Waals surface area contributed by atoms with Gasteiger partial charge in [0, 0.05) is 45.2 Å². The van der Waals surface area contributed by atoms with E-state index in [1.165, 1.54) is 0 Å². The number of nitrogens with one attached hydrogen (secondary N) is 1. The van der Waals surface area contributed by atoms with E-state index in [0.717, 1.165) is 51.5 Å². The van der Waals surface area contributed by atoms with Crippen molar-refractivity contribution in [2.45, 2.75) is 19.3 Å². The van der Waals surface area contributed by atoms with Gasteiger partial charge in [-0.15, -0.1) is 0 Å². The molecule has 0 radical (unpaired) electrons. The van der Waals surface area contributed by atoms with Crippen molar-refractivity contribution in [1.82, 2.24) is 15.3 Å². The molecule has 0 aliphatic carbocycles. The maximum atomic E-state index is 12.3. The van der Waals surface area contributed by atoms with Crippen LogP contribution in [0.15, 0.2) is 18.5 Å². The summed E-state index contributed by atoms with van der Waals surface area (Å²) in [7, 11) is 0. The molecule has 1 aromatic rings. The summed E-state index contributed by atoms with van der Waals surface area (Å²) in [6.07, 6.45) is 6.45. The van der Waals surface area contributed by atoms with E-state index < -0.39 is 0 Å². The molecule has 21 heavy (non-hydrogen) atoms. The molecule has 6 nitrogen and oxygen atoms in total. The summed E-state index contributed by atoms with van der Waals surface area (Å²) in [5.41, 5.74) is 0. The third-order valence-electron chi connectivity index (χ3n) is 4.30. The van der Waals surface area contributed by atoms with E-state index in [1.54, 1.807) is 18.5 Å². The van der Waals surface area contributed by atoms with E-state index >= 15 is 0 Å². The lowest BCUT2D eigenvalue weighted by Gasteiger charge is -2.23. The van der Waals surface area contributed by atoms with Crippen molar-refractivity contribution < 1.29 is 9.53 Å². The fraction of sp³-hybridized carbons (Fsp3) is 0.667. The first kappa shape index (κ1) is 14.3. The number of hydrogen-bond donors (Lipinski definition) is 1. The van der Waals surface area contributed by atoms with Gasteiger partial charge in [0.2, 0.25) is 11.9 Å². The van der Waals surface area contributed by atoms with E-state index in [1.807, 2.05) is 0 Å². The van der Waals surface area contributed by atoms with Gasteiger partial charge < -0.3 is 15.0 Å². The minimum atomic E-state index is 0.0497. The van der Waals surface area contributed by atoms with E-state index in [2.05, 4.69) is 20.2 Å². The first-order valence-corrected chi connectivity index (χ1v) is 7.70. The molecule has 3 rings (SSSR count). The number of nitrogens with zero attached hydrogens (tertiary/aromatic N) is 3. The first-order chi connectivity index (χ1) is 10.3. The molecular formula is C15H22N4O2. The molecule has 1 amide bonds. The minimum absolute atomic E-state index is 0.0497. The zero-order valence-corrected chi connectivity index (χ0v) is 12.2. The fourth-order valence-electron chi connectivity index (χ4n) is 2.95. The third kappa shape index (κ3) is 3.69. The number of ether oxygens (including phenoxy) is 1. The average molecular weight is 290 g/mol. The summed E-state index contributed by atoms with van der Waals surface area (Å²) in [5, 5.41) is 3.10. The Hall–Kier alpha value is -1.69. The summed E-state index contributed by atoms with van der Waals surface area (Å²) in [6, 6.07) is 1.80. The topological polar surface area (TPSA) is 67.3 Å². The molecule has 3 heterocycles. The molecule has 1 atom stereocenters. The fourth-order valence-corrected chi connectivity index (χ4v) is 2.95. The van der Waals surface area contributed by atoms with Gasteiger partial charge in [0.05, 0.1) is 5.92 Å². The minimum Gasteiger partial charge on any atom is -0.381 e.